The molecule has 1 aromatic carbocycles. The molecule has 0 aliphatic carbocycles. The van der Waals surface area contributed by atoms with Crippen LogP contribution in [-0.2, 0) is 0 Å². The molecule has 0 bridgehead atoms. The van der Waals surface area contributed by atoms with E-state index in [4.69, 9.17) is 18.0 Å². The Kier molecular flexibility index (Phi) is 4.74. The summed E-state index contributed by atoms with van der Waals surface area (Å²) >= 11 is 4.92. The summed E-state index contributed by atoms with van der Waals surface area (Å²) in [6.07, 6.45) is 1.20. The van der Waals surface area contributed by atoms with Crippen molar-refractivity contribution in [3.05, 3.63) is 29.8 Å². The van der Waals surface area contributed by atoms with Gasteiger partial charge in [-0.25, -0.2) is 0 Å². The fourth-order valence-corrected chi connectivity index (χ4v) is 1.60. The van der Waals surface area contributed by atoms with E-state index in [-0.39, 0.29) is 0 Å². The van der Waals surface area contributed by atoms with Crippen molar-refractivity contribution in [1.82, 2.24) is 0 Å². The van der Waals surface area contributed by atoms with Crippen molar-refractivity contribution >= 4 is 22.9 Å². The second-order valence-corrected chi connectivity index (χ2v) is 4.96. The molecule has 0 saturated carbocycles. The zero-order valence-electron chi connectivity index (χ0n) is 10.2. The number of benzene rings is 1. The lowest BCUT2D eigenvalue weighted by Crippen LogP contribution is -2.20. The zero-order chi connectivity index (χ0) is 12.1. The third-order valence-corrected chi connectivity index (χ3v) is 2.87. The van der Waals surface area contributed by atoms with Crippen LogP contribution in [0, 0.1) is 5.92 Å². The number of nitrogens with two attached hydrogens (primary N) is 1. The number of anilines is 1. The Labute approximate surface area is 103 Å². The lowest BCUT2D eigenvalue weighted by atomic mass is 10.1. The third-order valence-electron chi connectivity index (χ3n) is 2.63. The number of nitrogens with zero attached hydrogens (tertiary/aromatic N) is 1. The van der Waals surface area contributed by atoms with Crippen LogP contribution < -0.4 is 10.6 Å². The molecule has 0 fully saturated rings. The largest absolute Gasteiger partial charge is 0.389 e. The van der Waals surface area contributed by atoms with E-state index in [1.54, 1.807) is 0 Å². The molecule has 2 nitrogen and oxygen atoms in total. The minimum atomic E-state index is 0.455. The van der Waals surface area contributed by atoms with Gasteiger partial charge in [0.2, 0.25) is 0 Å². The average Bonchev–Trinajstić information content (AvgIpc) is 2.26. The maximum absolute atomic E-state index is 5.56. The van der Waals surface area contributed by atoms with Gasteiger partial charge in [-0.15, -0.1) is 0 Å². The maximum atomic E-state index is 5.56. The number of rotatable bonds is 5. The minimum Gasteiger partial charge on any atom is -0.389 e. The van der Waals surface area contributed by atoms with Crippen LogP contribution in [0.4, 0.5) is 5.69 Å². The van der Waals surface area contributed by atoms with E-state index in [9.17, 15) is 0 Å². The fourth-order valence-electron chi connectivity index (χ4n) is 1.46. The molecule has 16 heavy (non-hydrogen) atoms. The molecular formula is C13H20N2S. The topological polar surface area (TPSA) is 29.3 Å². The number of thiocarbonyl (C=S) groups is 1. The van der Waals surface area contributed by atoms with Crippen molar-refractivity contribution in [3.63, 3.8) is 0 Å². The predicted octanol–water partition coefficient (Wildman–Crippen LogP) is 2.80. The minimum absolute atomic E-state index is 0.455. The van der Waals surface area contributed by atoms with Crippen LogP contribution in [0.1, 0.15) is 25.8 Å². The lowest BCUT2D eigenvalue weighted by molar-refractivity contribution is 0.585. The van der Waals surface area contributed by atoms with Gasteiger partial charge in [0.1, 0.15) is 4.99 Å². The molecule has 3 heteroatoms. The standard InChI is InChI=1S/C13H20N2S/c1-10(2)8-9-15(3)12-6-4-11(5-7-12)13(14)16/h4-7,10H,8-9H2,1-3H3,(H2,14,16). The molecule has 0 saturated heterocycles. The van der Waals surface area contributed by atoms with Gasteiger partial charge in [0, 0.05) is 24.8 Å². The second kappa shape index (κ2) is 5.85. The molecule has 0 amide bonds. The van der Waals surface area contributed by atoms with Gasteiger partial charge >= 0.3 is 0 Å². The van der Waals surface area contributed by atoms with Gasteiger partial charge < -0.3 is 10.6 Å². The van der Waals surface area contributed by atoms with Crippen molar-refractivity contribution < 1.29 is 0 Å². The quantitative estimate of drug-likeness (QED) is 0.797. The van der Waals surface area contributed by atoms with Crippen LogP contribution in [0.2, 0.25) is 0 Å². The number of hydrogen-bond acceptors (Lipinski definition) is 2. The van der Waals surface area contributed by atoms with Gasteiger partial charge in [-0.05, 0) is 36.6 Å². The van der Waals surface area contributed by atoms with Crippen molar-refractivity contribution in [2.45, 2.75) is 20.3 Å². The fraction of sp³-hybridized carbons (Fsp3) is 0.462. The zero-order valence-corrected chi connectivity index (χ0v) is 11.1. The van der Waals surface area contributed by atoms with Crippen molar-refractivity contribution in [2.24, 2.45) is 11.7 Å². The molecule has 0 heterocycles. The van der Waals surface area contributed by atoms with E-state index in [0.717, 1.165) is 18.0 Å². The van der Waals surface area contributed by atoms with Crippen molar-refractivity contribution in [1.29, 1.82) is 0 Å². The van der Waals surface area contributed by atoms with Crippen molar-refractivity contribution in [3.8, 4) is 0 Å². The van der Waals surface area contributed by atoms with Gasteiger partial charge in [0.05, 0.1) is 0 Å². The molecule has 0 atom stereocenters. The van der Waals surface area contributed by atoms with Gasteiger partial charge in [-0.3, -0.25) is 0 Å². The number of hydrogen-bond donors (Lipinski definition) is 1. The third kappa shape index (κ3) is 3.81. The summed E-state index contributed by atoms with van der Waals surface area (Å²) in [5.41, 5.74) is 7.69. The van der Waals surface area contributed by atoms with Crippen LogP contribution in [0.25, 0.3) is 0 Å². The SMILES string of the molecule is CC(C)CCN(C)c1ccc(C(N)=S)cc1. The highest BCUT2D eigenvalue weighted by atomic mass is 32.1. The summed E-state index contributed by atoms with van der Waals surface area (Å²) in [5, 5.41) is 0. The first kappa shape index (κ1) is 13.0. The summed E-state index contributed by atoms with van der Waals surface area (Å²) in [5.74, 6) is 0.735. The van der Waals surface area contributed by atoms with Gasteiger partial charge in [0.15, 0.2) is 0 Å². The lowest BCUT2D eigenvalue weighted by Gasteiger charge is -2.20. The summed E-state index contributed by atoms with van der Waals surface area (Å²) in [7, 11) is 2.11. The highest BCUT2D eigenvalue weighted by molar-refractivity contribution is 7.80. The molecular weight excluding hydrogens is 216 g/mol. The molecule has 88 valence electrons. The Morgan fingerprint density at radius 1 is 1.31 bits per heavy atom. The smallest absolute Gasteiger partial charge is 0.103 e. The average molecular weight is 236 g/mol. The van der Waals surface area contributed by atoms with E-state index in [2.05, 4.69) is 37.9 Å². The van der Waals surface area contributed by atoms with E-state index in [1.165, 1.54) is 12.1 Å². The Morgan fingerprint density at radius 2 is 1.88 bits per heavy atom. The van der Waals surface area contributed by atoms with E-state index >= 15 is 0 Å². The first-order valence-corrected chi connectivity index (χ1v) is 6.02. The van der Waals surface area contributed by atoms with Crippen LogP contribution in [0.5, 0.6) is 0 Å². The Hall–Kier alpha value is -1.09. The Morgan fingerprint density at radius 3 is 2.31 bits per heavy atom. The van der Waals surface area contributed by atoms with Gasteiger partial charge in [-0.1, -0.05) is 26.1 Å². The first-order chi connectivity index (χ1) is 7.50. The Bertz CT molecular complexity index is 343. The second-order valence-electron chi connectivity index (χ2n) is 4.52. The normalized spacial score (nSPS) is 10.5. The monoisotopic (exact) mass is 236 g/mol. The molecule has 1 aromatic rings. The molecule has 1 rings (SSSR count). The highest BCUT2D eigenvalue weighted by Gasteiger charge is 2.03. The van der Waals surface area contributed by atoms with Crippen LogP contribution in [0.15, 0.2) is 24.3 Å². The van der Waals surface area contributed by atoms with E-state index in [1.807, 2.05) is 12.1 Å². The first-order valence-electron chi connectivity index (χ1n) is 5.61. The highest BCUT2D eigenvalue weighted by Crippen LogP contribution is 2.15. The van der Waals surface area contributed by atoms with E-state index < -0.39 is 0 Å². The summed E-state index contributed by atoms with van der Waals surface area (Å²) in [6, 6.07) is 8.08. The molecule has 0 aliphatic rings. The van der Waals surface area contributed by atoms with Crippen LogP contribution in [-0.4, -0.2) is 18.6 Å². The van der Waals surface area contributed by atoms with Crippen molar-refractivity contribution in [2.75, 3.05) is 18.5 Å². The molecule has 0 radical (unpaired) electrons. The molecule has 0 aliphatic heterocycles. The van der Waals surface area contributed by atoms with Gasteiger partial charge in [0.25, 0.3) is 0 Å². The maximum Gasteiger partial charge on any atom is 0.103 e. The van der Waals surface area contributed by atoms with Crippen LogP contribution >= 0.6 is 12.2 Å². The Balaban J connectivity index is 2.63. The molecule has 0 spiro atoms. The summed E-state index contributed by atoms with van der Waals surface area (Å²) in [6.45, 7) is 5.55. The summed E-state index contributed by atoms with van der Waals surface area (Å²) in [4.78, 5) is 2.71. The molecule has 0 unspecified atom stereocenters. The molecule has 0 aromatic heterocycles. The van der Waals surface area contributed by atoms with E-state index in [0.29, 0.717) is 4.99 Å². The predicted molar refractivity (Wildman–Crippen MR) is 75.1 cm³/mol. The van der Waals surface area contributed by atoms with Gasteiger partial charge in [-0.2, -0.15) is 0 Å². The van der Waals surface area contributed by atoms with Crippen LogP contribution in [0.3, 0.4) is 0 Å². The molecule has 2 N–H and O–H groups in total. The summed E-state index contributed by atoms with van der Waals surface area (Å²) < 4.78 is 0.